The third-order valence-electron chi connectivity index (χ3n) is 3.91. The number of alkyl halides is 3. The smallest absolute Gasteiger partial charge is 0.350 e. The number of hydrogen-bond donors (Lipinski definition) is 1. The number of sulfonamides is 1. The van der Waals surface area contributed by atoms with E-state index in [4.69, 9.17) is 5.14 Å². The molecular weight excluding hydrogens is 407 g/mol. The van der Waals surface area contributed by atoms with Crippen molar-refractivity contribution in [2.24, 2.45) is 5.14 Å². The zero-order chi connectivity index (χ0) is 20.9. The molecule has 0 saturated carbocycles. The fraction of sp³-hybridized carbons (Fsp3) is 0.118. The first-order valence-corrected chi connectivity index (χ1v) is 9.10. The van der Waals surface area contributed by atoms with Gasteiger partial charge in [0, 0.05) is 5.56 Å². The van der Waals surface area contributed by atoms with Crippen molar-refractivity contribution in [2.45, 2.75) is 18.0 Å². The molecule has 11 heteroatoms. The Kier molecular flexibility index (Phi) is 4.76. The number of rotatable bonds is 3. The van der Waals surface area contributed by atoms with Crippen LogP contribution in [0.1, 0.15) is 11.3 Å². The fourth-order valence-electron chi connectivity index (χ4n) is 2.63. The molecule has 0 fully saturated rings. The van der Waals surface area contributed by atoms with Crippen LogP contribution in [0.2, 0.25) is 0 Å². The Hall–Kier alpha value is -2.79. The van der Waals surface area contributed by atoms with Crippen LogP contribution in [0.4, 0.5) is 22.0 Å². The van der Waals surface area contributed by atoms with Gasteiger partial charge in [-0.15, -0.1) is 0 Å². The number of hydrogen-bond acceptors (Lipinski definition) is 4. The average Bonchev–Trinajstić information content (AvgIpc) is 3.01. The first kappa shape index (κ1) is 20.0. The summed E-state index contributed by atoms with van der Waals surface area (Å²) in [4.78, 5) is -0.875. The maximum absolute atomic E-state index is 14.2. The Balaban J connectivity index is 2.28. The van der Waals surface area contributed by atoms with Crippen LogP contribution in [0.15, 0.2) is 45.8 Å². The predicted octanol–water partition coefficient (Wildman–Crippen LogP) is 4.26. The minimum atomic E-state index is -4.97. The molecule has 0 saturated heterocycles. The molecule has 0 bridgehead atoms. The Labute approximate surface area is 155 Å². The summed E-state index contributed by atoms with van der Waals surface area (Å²) in [5.74, 6) is -3.42. The normalized spacial score (nSPS) is 12.4. The molecule has 0 aliphatic carbocycles. The second-order valence-corrected chi connectivity index (χ2v) is 7.42. The number of benzene rings is 2. The van der Waals surface area contributed by atoms with Crippen molar-refractivity contribution in [1.82, 2.24) is 5.16 Å². The van der Waals surface area contributed by atoms with E-state index in [1.54, 1.807) is 0 Å². The van der Waals surface area contributed by atoms with E-state index in [1.165, 1.54) is 19.1 Å². The summed E-state index contributed by atoms with van der Waals surface area (Å²) in [5, 5.41) is 8.28. The highest BCUT2D eigenvalue weighted by Crippen LogP contribution is 2.43. The summed E-state index contributed by atoms with van der Waals surface area (Å²) in [7, 11) is -4.41. The molecule has 2 N–H and O–H groups in total. The van der Waals surface area contributed by atoms with E-state index in [9.17, 15) is 30.4 Å². The first-order chi connectivity index (χ1) is 12.9. The number of aromatic nitrogens is 1. The first-order valence-electron chi connectivity index (χ1n) is 7.55. The molecule has 0 atom stereocenters. The summed E-state index contributed by atoms with van der Waals surface area (Å²) in [5.41, 5.74) is -1.01. The summed E-state index contributed by atoms with van der Waals surface area (Å²) >= 11 is 0. The molecule has 2 aromatic carbocycles. The van der Waals surface area contributed by atoms with Crippen molar-refractivity contribution in [3.05, 3.63) is 59.4 Å². The summed E-state index contributed by atoms with van der Waals surface area (Å²) in [6.45, 7) is 1.41. The van der Waals surface area contributed by atoms with Gasteiger partial charge >= 0.3 is 6.18 Å². The molecule has 1 aromatic heterocycles. The zero-order valence-corrected chi connectivity index (χ0v) is 14.8. The molecule has 28 heavy (non-hydrogen) atoms. The third-order valence-corrected chi connectivity index (χ3v) is 4.85. The molecule has 1 heterocycles. The molecule has 0 unspecified atom stereocenters. The van der Waals surface area contributed by atoms with Gasteiger partial charge in [0.15, 0.2) is 0 Å². The number of nitrogens with zero attached hydrogens (tertiary/aromatic N) is 1. The zero-order valence-electron chi connectivity index (χ0n) is 14.0. The van der Waals surface area contributed by atoms with Gasteiger partial charge in [-0.2, -0.15) is 13.2 Å². The molecule has 3 rings (SSSR count). The molecule has 0 aliphatic heterocycles. The van der Waals surface area contributed by atoms with Gasteiger partial charge in [0.2, 0.25) is 15.8 Å². The maximum Gasteiger partial charge on any atom is 0.453 e. The lowest BCUT2D eigenvalue weighted by Crippen LogP contribution is -2.14. The number of nitrogens with two attached hydrogens (primary N) is 1. The van der Waals surface area contributed by atoms with E-state index in [0.717, 1.165) is 18.2 Å². The Morgan fingerprint density at radius 3 is 2.18 bits per heavy atom. The van der Waals surface area contributed by atoms with Gasteiger partial charge in [0.25, 0.3) is 0 Å². The predicted molar refractivity (Wildman–Crippen MR) is 88.4 cm³/mol. The monoisotopic (exact) mass is 418 g/mol. The van der Waals surface area contributed by atoms with Crippen LogP contribution in [0, 0.1) is 18.6 Å². The molecule has 0 radical (unpaired) electrons. The van der Waals surface area contributed by atoms with Gasteiger partial charge in [0.05, 0.1) is 5.56 Å². The van der Waals surface area contributed by atoms with Gasteiger partial charge in [0.1, 0.15) is 22.2 Å². The van der Waals surface area contributed by atoms with Crippen molar-refractivity contribution in [2.75, 3.05) is 0 Å². The SMILES string of the molecule is Cc1cc(-c2noc(C(F)(F)F)c2-c2ccc(S(N)(=O)=O)c(F)c2)ccc1F. The van der Waals surface area contributed by atoms with E-state index in [0.29, 0.717) is 6.07 Å². The summed E-state index contributed by atoms with van der Waals surface area (Å²) in [6.07, 6.45) is -4.97. The van der Waals surface area contributed by atoms with Crippen molar-refractivity contribution in [3.63, 3.8) is 0 Å². The minimum Gasteiger partial charge on any atom is -0.350 e. The van der Waals surface area contributed by atoms with Crippen LogP contribution in [-0.4, -0.2) is 13.6 Å². The topological polar surface area (TPSA) is 86.2 Å². The highest BCUT2D eigenvalue weighted by Gasteiger charge is 2.41. The van der Waals surface area contributed by atoms with E-state index in [-0.39, 0.29) is 22.4 Å². The standard InChI is InChI=1S/C17H11F5N2O3S/c1-8-6-10(2-4-11(8)18)15-14(16(27-24-15)17(20,21)22)9-3-5-13(12(19)7-9)28(23,25)26/h2-7H,1H3,(H2,23,25,26). The second kappa shape index (κ2) is 6.67. The molecule has 0 amide bonds. The highest BCUT2D eigenvalue weighted by molar-refractivity contribution is 7.89. The van der Waals surface area contributed by atoms with Crippen molar-refractivity contribution in [3.8, 4) is 22.4 Å². The van der Waals surface area contributed by atoms with E-state index in [1.807, 2.05) is 0 Å². The maximum atomic E-state index is 14.2. The lowest BCUT2D eigenvalue weighted by Gasteiger charge is -2.09. The molecular formula is C17H11F5N2O3S. The molecule has 0 spiro atoms. The number of halogens is 5. The van der Waals surface area contributed by atoms with Crippen molar-refractivity contribution in [1.29, 1.82) is 0 Å². The van der Waals surface area contributed by atoms with Gasteiger partial charge < -0.3 is 4.52 Å². The van der Waals surface area contributed by atoms with Crippen LogP contribution in [0.5, 0.6) is 0 Å². The van der Waals surface area contributed by atoms with Crippen LogP contribution in [0.3, 0.4) is 0 Å². The van der Waals surface area contributed by atoms with Crippen molar-refractivity contribution < 1.29 is 34.9 Å². The van der Waals surface area contributed by atoms with Gasteiger partial charge in [-0.25, -0.2) is 22.3 Å². The fourth-order valence-corrected chi connectivity index (χ4v) is 3.22. The van der Waals surface area contributed by atoms with Crippen molar-refractivity contribution >= 4 is 10.0 Å². The summed E-state index contributed by atoms with van der Waals surface area (Å²) < 4.78 is 94.9. The van der Waals surface area contributed by atoms with Crippen LogP contribution < -0.4 is 5.14 Å². The molecule has 0 aliphatic rings. The largest absolute Gasteiger partial charge is 0.453 e. The van der Waals surface area contributed by atoms with Crippen LogP contribution >= 0.6 is 0 Å². The lowest BCUT2D eigenvalue weighted by atomic mass is 9.98. The van der Waals surface area contributed by atoms with Crippen LogP contribution in [-0.2, 0) is 16.2 Å². The lowest BCUT2D eigenvalue weighted by molar-refractivity contribution is -0.154. The van der Waals surface area contributed by atoms with E-state index < -0.39 is 44.1 Å². The van der Waals surface area contributed by atoms with Gasteiger partial charge in [-0.1, -0.05) is 11.2 Å². The molecule has 148 valence electrons. The second-order valence-electron chi connectivity index (χ2n) is 5.89. The van der Waals surface area contributed by atoms with E-state index in [2.05, 4.69) is 9.68 Å². The average molecular weight is 418 g/mol. The quantitative estimate of drug-likeness (QED) is 0.644. The molecule has 3 aromatic rings. The number of primary sulfonamides is 1. The Bertz CT molecular complexity index is 1170. The van der Waals surface area contributed by atoms with Gasteiger partial charge in [-0.3, -0.25) is 0 Å². The Morgan fingerprint density at radius 2 is 1.64 bits per heavy atom. The highest BCUT2D eigenvalue weighted by atomic mass is 32.2. The summed E-state index contributed by atoms with van der Waals surface area (Å²) in [6, 6.07) is 5.77. The van der Waals surface area contributed by atoms with Gasteiger partial charge in [-0.05, 0) is 48.4 Å². The minimum absolute atomic E-state index is 0.101. The third kappa shape index (κ3) is 3.62. The number of aryl methyl sites for hydroxylation is 1. The molecule has 5 nitrogen and oxygen atoms in total. The van der Waals surface area contributed by atoms with E-state index >= 15 is 0 Å². The van der Waals surface area contributed by atoms with Crippen LogP contribution in [0.25, 0.3) is 22.4 Å². The Morgan fingerprint density at radius 1 is 1.00 bits per heavy atom.